The summed E-state index contributed by atoms with van der Waals surface area (Å²) in [4.78, 5) is 13.0. The van der Waals surface area contributed by atoms with E-state index in [9.17, 15) is 20.1 Å². The molecule has 1 unspecified atom stereocenters. The van der Waals surface area contributed by atoms with Gasteiger partial charge in [-0.25, -0.2) is 0 Å². The summed E-state index contributed by atoms with van der Waals surface area (Å²) in [5, 5.41) is 30.3. The third-order valence-corrected chi connectivity index (χ3v) is 5.24. The fourth-order valence-corrected chi connectivity index (χ4v) is 3.52. The van der Waals surface area contributed by atoms with Gasteiger partial charge in [0, 0.05) is 24.1 Å². The summed E-state index contributed by atoms with van der Waals surface area (Å²) in [6, 6.07) is 18.4. The molecule has 0 aliphatic carbocycles. The fraction of sp³-hybridized carbons (Fsp3) is 0.148. The number of aliphatic hydroxyl groups is 1. The maximum atomic E-state index is 13.0. The molecule has 1 aromatic heterocycles. The highest BCUT2D eigenvalue weighted by Gasteiger charge is 2.21. The Morgan fingerprint density at radius 2 is 1.74 bits per heavy atom. The van der Waals surface area contributed by atoms with E-state index in [2.05, 4.69) is 0 Å². The first kappa shape index (κ1) is 22.9. The van der Waals surface area contributed by atoms with Gasteiger partial charge in [-0.15, -0.1) is 0 Å². The van der Waals surface area contributed by atoms with Gasteiger partial charge >= 0.3 is 0 Å². The van der Waals surface area contributed by atoms with Gasteiger partial charge in [0.05, 0.1) is 19.8 Å². The van der Waals surface area contributed by atoms with E-state index < -0.39 is 6.10 Å². The zero-order chi connectivity index (χ0) is 24.1. The molecular formula is C27H24O7. The second-order valence-electron chi connectivity index (χ2n) is 7.63. The van der Waals surface area contributed by atoms with Crippen LogP contribution in [0.5, 0.6) is 23.0 Å². The predicted octanol–water partition coefficient (Wildman–Crippen LogP) is 4.72. The van der Waals surface area contributed by atoms with Crippen molar-refractivity contribution in [3.8, 4) is 34.3 Å². The zero-order valence-electron chi connectivity index (χ0n) is 18.5. The molecule has 174 valence electrons. The van der Waals surface area contributed by atoms with E-state index >= 15 is 0 Å². The first-order valence-electron chi connectivity index (χ1n) is 10.7. The number of hydrogen-bond donors (Lipinski definition) is 3. The van der Waals surface area contributed by atoms with Crippen LogP contribution in [0.15, 0.2) is 82.0 Å². The summed E-state index contributed by atoms with van der Waals surface area (Å²) in [6.45, 7) is 0.0639. The highest BCUT2D eigenvalue weighted by molar-refractivity contribution is 5.90. The van der Waals surface area contributed by atoms with Crippen molar-refractivity contribution < 1.29 is 29.2 Å². The number of ether oxygens (including phenoxy) is 2. The van der Waals surface area contributed by atoms with E-state index in [1.807, 2.05) is 36.4 Å². The van der Waals surface area contributed by atoms with E-state index in [-0.39, 0.29) is 58.2 Å². The van der Waals surface area contributed by atoms with Gasteiger partial charge in [-0.05, 0) is 29.8 Å². The lowest BCUT2D eigenvalue weighted by molar-refractivity contribution is 0.177. The molecule has 0 spiro atoms. The van der Waals surface area contributed by atoms with Crippen molar-refractivity contribution in [2.45, 2.75) is 12.5 Å². The van der Waals surface area contributed by atoms with Crippen molar-refractivity contribution >= 4 is 17.0 Å². The van der Waals surface area contributed by atoms with Gasteiger partial charge in [0.2, 0.25) is 5.75 Å². The van der Waals surface area contributed by atoms with E-state index in [0.29, 0.717) is 5.56 Å². The summed E-state index contributed by atoms with van der Waals surface area (Å²) < 4.78 is 17.0. The lowest BCUT2D eigenvalue weighted by Gasteiger charge is -2.15. The van der Waals surface area contributed by atoms with Crippen LogP contribution >= 0.6 is 0 Å². The minimum atomic E-state index is -0.771. The summed E-state index contributed by atoms with van der Waals surface area (Å²) in [5.41, 5.74) is 1.28. The molecule has 0 aliphatic rings. The molecule has 4 aromatic rings. The Morgan fingerprint density at radius 1 is 1.00 bits per heavy atom. The summed E-state index contributed by atoms with van der Waals surface area (Å²) in [7, 11) is 1.36. The number of rotatable bonds is 8. The Balaban J connectivity index is 1.60. The van der Waals surface area contributed by atoms with Gasteiger partial charge in [-0.1, -0.05) is 42.5 Å². The number of hydrogen-bond acceptors (Lipinski definition) is 7. The van der Waals surface area contributed by atoms with E-state index in [1.54, 1.807) is 18.2 Å². The Bertz CT molecular complexity index is 1360. The van der Waals surface area contributed by atoms with Crippen LogP contribution in [0.4, 0.5) is 0 Å². The van der Waals surface area contributed by atoms with Crippen molar-refractivity contribution in [1.82, 2.24) is 0 Å². The molecule has 1 heterocycles. The number of methoxy groups -OCH3 is 1. The van der Waals surface area contributed by atoms with Crippen LogP contribution in [0.1, 0.15) is 12.0 Å². The molecule has 34 heavy (non-hydrogen) atoms. The lowest BCUT2D eigenvalue weighted by Crippen LogP contribution is -2.11. The zero-order valence-corrected chi connectivity index (χ0v) is 18.5. The summed E-state index contributed by atoms with van der Waals surface area (Å²) in [5.74, 6) is 0.162. The molecule has 0 aliphatic heterocycles. The molecule has 0 saturated heterocycles. The monoisotopic (exact) mass is 460 g/mol. The van der Waals surface area contributed by atoms with Gasteiger partial charge in [0.15, 0.2) is 16.9 Å². The van der Waals surface area contributed by atoms with Gasteiger partial charge < -0.3 is 29.2 Å². The molecule has 3 aromatic carbocycles. The van der Waals surface area contributed by atoms with Crippen LogP contribution in [-0.2, 0) is 0 Å². The normalized spacial score (nSPS) is 12.2. The topological polar surface area (TPSA) is 109 Å². The maximum absolute atomic E-state index is 13.0. The first-order chi connectivity index (χ1) is 16.5. The number of aromatic hydroxyl groups is 2. The van der Waals surface area contributed by atoms with E-state index in [4.69, 9.17) is 13.9 Å². The second kappa shape index (κ2) is 10.1. The molecule has 0 amide bonds. The molecule has 7 nitrogen and oxygen atoms in total. The van der Waals surface area contributed by atoms with Crippen LogP contribution in [0.25, 0.3) is 28.4 Å². The molecule has 4 rings (SSSR count). The third kappa shape index (κ3) is 5.05. The van der Waals surface area contributed by atoms with Crippen LogP contribution < -0.4 is 14.9 Å². The second-order valence-corrected chi connectivity index (χ2v) is 7.63. The Morgan fingerprint density at radius 3 is 2.44 bits per heavy atom. The van der Waals surface area contributed by atoms with Crippen LogP contribution in [0.2, 0.25) is 0 Å². The molecule has 1 atom stereocenters. The van der Waals surface area contributed by atoms with Crippen LogP contribution in [0.3, 0.4) is 0 Å². The Hall–Kier alpha value is -4.23. The minimum Gasteiger partial charge on any atom is -0.508 e. The van der Waals surface area contributed by atoms with Crippen molar-refractivity contribution in [3.05, 3.63) is 88.6 Å². The first-order valence-corrected chi connectivity index (χ1v) is 10.7. The predicted molar refractivity (Wildman–Crippen MR) is 129 cm³/mol. The molecular weight excluding hydrogens is 436 g/mol. The highest BCUT2D eigenvalue weighted by Crippen LogP contribution is 2.42. The Labute approximate surface area is 195 Å². The number of phenolic OH excluding ortho intramolecular Hbond substituents is 2. The number of fused-ring (bicyclic) bond motifs is 1. The highest BCUT2D eigenvalue weighted by atomic mass is 16.5. The average Bonchev–Trinajstić information content (AvgIpc) is 2.83. The van der Waals surface area contributed by atoms with Crippen molar-refractivity contribution in [3.63, 3.8) is 0 Å². The largest absolute Gasteiger partial charge is 0.508 e. The van der Waals surface area contributed by atoms with Crippen molar-refractivity contribution in [2.24, 2.45) is 0 Å². The van der Waals surface area contributed by atoms with Crippen molar-refractivity contribution in [1.29, 1.82) is 0 Å². The van der Waals surface area contributed by atoms with Crippen LogP contribution in [0, 0.1) is 0 Å². The van der Waals surface area contributed by atoms with Crippen LogP contribution in [-0.4, -0.2) is 35.1 Å². The third-order valence-electron chi connectivity index (χ3n) is 5.24. The summed E-state index contributed by atoms with van der Waals surface area (Å²) >= 11 is 0. The molecule has 7 heteroatoms. The molecule has 0 bridgehead atoms. The molecule has 0 saturated carbocycles. The SMILES string of the molecule is COc1c(O)cc2oc(-c3ccc(O)cc3)cc(=O)c2c1OCCC(O)C=Cc1ccccc1. The van der Waals surface area contributed by atoms with Crippen molar-refractivity contribution in [2.75, 3.05) is 13.7 Å². The van der Waals surface area contributed by atoms with E-state index in [1.165, 1.54) is 31.4 Å². The number of aliphatic hydroxyl groups excluding tert-OH is 1. The van der Waals surface area contributed by atoms with Gasteiger partial charge in [-0.2, -0.15) is 0 Å². The van der Waals surface area contributed by atoms with Gasteiger partial charge in [0.1, 0.15) is 22.5 Å². The molecule has 0 radical (unpaired) electrons. The maximum Gasteiger partial charge on any atom is 0.204 e. The minimum absolute atomic E-state index is 0.00602. The standard InChI is InChI=1S/C27H24O7/c1-32-26-22(31)16-24-25(21(30)15-23(34-24)18-8-11-19(28)12-9-18)27(26)33-14-13-20(29)10-7-17-5-3-2-4-6-17/h2-12,15-16,20,28-29,31H,13-14H2,1H3. The lowest BCUT2D eigenvalue weighted by atomic mass is 10.1. The summed E-state index contributed by atoms with van der Waals surface area (Å²) in [6.07, 6.45) is 2.95. The number of phenols is 2. The molecule has 0 fully saturated rings. The fourth-order valence-electron chi connectivity index (χ4n) is 3.52. The Kier molecular flexibility index (Phi) is 6.85. The van der Waals surface area contributed by atoms with Gasteiger partial charge in [-0.3, -0.25) is 4.79 Å². The average molecular weight is 460 g/mol. The quantitative estimate of drug-likeness (QED) is 0.349. The molecule has 3 N–H and O–H groups in total. The van der Waals surface area contributed by atoms with E-state index in [0.717, 1.165) is 5.56 Å². The smallest absolute Gasteiger partial charge is 0.204 e. The number of benzene rings is 3. The van der Waals surface area contributed by atoms with Gasteiger partial charge in [0.25, 0.3) is 0 Å².